The van der Waals surface area contributed by atoms with Crippen molar-refractivity contribution in [2.24, 2.45) is 11.3 Å². The maximum Gasteiger partial charge on any atom is 0.253 e. The number of amides is 1. The van der Waals surface area contributed by atoms with Crippen molar-refractivity contribution in [2.45, 2.75) is 45.1 Å². The van der Waals surface area contributed by atoms with Crippen molar-refractivity contribution in [2.75, 3.05) is 42.5 Å². The lowest BCUT2D eigenvalue weighted by Gasteiger charge is -2.40. The summed E-state index contributed by atoms with van der Waals surface area (Å²) in [5.74, 6) is 0.157. The molecule has 0 bridgehead atoms. The van der Waals surface area contributed by atoms with Crippen LogP contribution in [0.15, 0.2) is 42.5 Å². The Hall–Kier alpha value is -3.04. The molecule has 3 aliphatic rings. The number of carbonyl (C=O) groups excluding carboxylic acids is 2. The monoisotopic (exact) mass is 504 g/mol. The molecular weight excluding hydrogens is 472 g/mol. The topological polar surface area (TPSA) is 48.2 Å². The Balaban J connectivity index is 1.19. The average Bonchev–Trinajstić information content (AvgIpc) is 3.24. The fraction of sp³-hybridized carbons (Fsp3) is 0.483. The van der Waals surface area contributed by atoms with Gasteiger partial charge in [-0.2, -0.15) is 0 Å². The number of nitrogens with zero attached hydrogens (tertiary/aromatic N) is 4. The molecule has 0 unspecified atom stereocenters. The lowest BCUT2D eigenvalue weighted by molar-refractivity contribution is -0.112. The highest BCUT2D eigenvalue weighted by molar-refractivity contribution is 6.33. The Labute approximate surface area is 218 Å². The molecule has 0 N–H and O–H groups in total. The van der Waals surface area contributed by atoms with Crippen molar-refractivity contribution in [1.29, 1.82) is 0 Å². The quantitative estimate of drug-likeness (QED) is 0.388. The summed E-state index contributed by atoms with van der Waals surface area (Å²) in [6, 6.07) is 14.3. The zero-order chi connectivity index (χ0) is 25.3. The van der Waals surface area contributed by atoms with Crippen LogP contribution in [-0.2, 0) is 4.79 Å². The zero-order valence-electron chi connectivity index (χ0n) is 20.8. The van der Waals surface area contributed by atoms with Gasteiger partial charge in [0.1, 0.15) is 6.29 Å². The summed E-state index contributed by atoms with van der Waals surface area (Å²) in [7, 11) is 0. The minimum absolute atomic E-state index is 0.0630. The highest BCUT2D eigenvalue weighted by atomic mass is 35.5. The van der Waals surface area contributed by atoms with E-state index in [1.807, 2.05) is 35.2 Å². The van der Waals surface area contributed by atoms with Gasteiger partial charge in [-0.3, -0.25) is 4.79 Å². The SMILES string of the molecule is [C-]#[N+]c1ccc(N2CC3(CCN(c4ccc(C(=O)N5CCC(C=O)CC5)cc4)CC3)C[C@@H]2C)cc1Cl. The predicted molar refractivity (Wildman–Crippen MR) is 144 cm³/mol. The number of hydrogen-bond acceptors (Lipinski definition) is 4. The molecular formula is C29H33ClN4O2. The number of benzene rings is 2. The molecule has 7 heteroatoms. The summed E-state index contributed by atoms with van der Waals surface area (Å²) in [4.78, 5) is 34.1. The second-order valence-corrected chi connectivity index (χ2v) is 11.1. The molecule has 3 saturated heterocycles. The first kappa shape index (κ1) is 24.6. The Morgan fingerprint density at radius 3 is 2.33 bits per heavy atom. The second kappa shape index (κ2) is 10.1. The largest absolute Gasteiger partial charge is 0.371 e. The Bertz CT molecular complexity index is 1160. The first-order chi connectivity index (χ1) is 17.4. The van der Waals surface area contributed by atoms with Gasteiger partial charge in [0.05, 0.1) is 6.57 Å². The fourth-order valence-electron chi connectivity index (χ4n) is 6.27. The normalized spacial score (nSPS) is 22.0. The van der Waals surface area contributed by atoms with Gasteiger partial charge in [0.25, 0.3) is 5.91 Å². The van der Waals surface area contributed by atoms with Crippen molar-refractivity contribution in [3.63, 3.8) is 0 Å². The van der Waals surface area contributed by atoms with Crippen LogP contribution in [0.4, 0.5) is 17.1 Å². The fourth-order valence-corrected chi connectivity index (χ4v) is 6.48. The summed E-state index contributed by atoms with van der Waals surface area (Å²) in [6.07, 6.45) is 5.97. The molecule has 188 valence electrons. The molecule has 6 nitrogen and oxygen atoms in total. The van der Waals surface area contributed by atoms with E-state index in [9.17, 15) is 9.59 Å². The van der Waals surface area contributed by atoms with Crippen molar-refractivity contribution < 1.29 is 9.59 Å². The van der Waals surface area contributed by atoms with Crippen molar-refractivity contribution in [3.8, 4) is 0 Å². The third-order valence-electron chi connectivity index (χ3n) is 8.47. The van der Waals surface area contributed by atoms with Gasteiger partial charge in [-0.05, 0) is 80.8 Å². The number of aldehydes is 1. The molecule has 3 aliphatic heterocycles. The van der Waals surface area contributed by atoms with Crippen LogP contribution in [0.2, 0.25) is 5.02 Å². The van der Waals surface area contributed by atoms with Crippen molar-refractivity contribution in [1.82, 2.24) is 4.90 Å². The van der Waals surface area contributed by atoms with Crippen LogP contribution in [0.5, 0.6) is 0 Å². The first-order valence-electron chi connectivity index (χ1n) is 12.9. The minimum atomic E-state index is 0.0630. The summed E-state index contributed by atoms with van der Waals surface area (Å²) < 4.78 is 0. The Morgan fingerprint density at radius 2 is 1.72 bits per heavy atom. The molecule has 1 atom stereocenters. The molecule has 0 aromatic heterocycles. The number of piperidine rings is 2. The third kappa shape index (κ3) is 4.82. The summed E-state index contributed by atoms with van der Waals surface area (Å²) >= 11 is 6.32. The highest BCUT2D eigenvalue weighted by Crippen LogP contribution is 2.46. The van der Waals surface area contributed by atoms with Crippen LogP contribution in [0, 0.1) is 17.9 Å². The van der Waals surface area contributed by atoms with Crippen LogP contribution in [0.3, 0.4) is 0 Å². The first-order valence-corrected chi connectivity index (χ1v) is 13.3. The van der Waals surface area contributed by atoms with E-state index in [-0.39, 0.29) is 11.8 Å². The van der Waals surface area contributed by atoms with E-state index >= 15 is 0 Å². The number of carbonyl (C=O) groups is 2. The average molecular weight is 505 g/mol. The molecule has 0 aliphatic carbocycles. The van der Waals surface area contributed by atoms with Gasteiger partial charge in [-0.25, -0.2) is 4.85 Å². The standard InChI is InChI=1S/C29H33ClN4O2/c1-21-18-29(20-34(21)25-7-8-27(31-2)26(30)17-25)11-15-32(16-12-29)24-5-3-23(4-6-24)28(36)33-13-9-22(19-35)10-14-33/h3-8,17,19,21-22H,9-16,18,20H2,1H3/t21-/m0/s1. The van der Waals surface area contributed by atoms with Crippen molar-refractivity contribution >= 4 is 40.9 Å². The van der Waals surface area contributed by atoms with Crippen LogP contribution < -0.4 is 9.80 Å². The molecule has 3 heterocycles. The molecule has 3 fully saturated rings. The summed E-state index contributed by atoms with van der Waals surface area (Å²) in [5, 5.41) is 0.526. The number of halogens is 1. The lowest BCUT2D eigenvalue weighted by Crippen LogP contribution is -2.41. The van der Waals surface area contributed by atoms with Gasteiger partial charge in [0.15, 0.2) is 0 Å². The van der Waals surface area contributed by atoms with E-state index in [0.717, 1.165) is 69.3 Å². The van der Waals surface area contributed by atoms with Gasteiger partial charge in [-0.15, -0.1) is 0 Å². The van der Waals surface area contributed by atoms with Gasteiger partial charge in [-0.1, -0.05) is 17.7 Å². The zero-order valence-corrected chi connectivity index (χ0v) is 21.6. The molecule has 2 aromatic carbocycles. The Kier molecular flexibility index (Phi) is 6.94. The second-order valence-electron chi connectivity index (χ2n) is 10.7. The molecule has 5 rings (SSSR count). The predicted octanol–water partition coefficient (Wildman–Crippen LogP) is 5.83. The molecule has 36 heavy (non-hydrogen) atoms. The van der Waals surface area contributed by atoms with Crippen molar-refractivity contribution in [3.05, 3.63) is 64.5 Å². The van der Waals surface area contributed by atoms with E-state index in [4.69, 9.17) is 18.2 Å². The third-order valence-corrected chi connectivity index (χ3v) is 8.78. The maximum atomic E-state index is 12.9. The van der Waals surface area contributed by atoms with Crippen LogP contribution in [0.1, 0.15) is 49.4 Å². The number of anilines is 2. The summed E-state index contributed by atoms with van der Waals surface area (Å²) in [5.41, 5.74) is 3.80. The van der Waals surface area contributed by atoms with Crippen LogP contribution in [-0.4, -0.2) is 55.9 Å². The smallest absolute Gasteiger partial charge is 0.253 e. The van der Waals surface area contributed by atoms with E-state index in [1.165, 1.54) is 5.69 Å². The van der Waals surface area contributed by atoms with E-state index in [1.54, 1.807) is 0 Å². The Morgan fingerprint density at radius 1 is 1.06 bits per heavy atom. The molecule has 2 aromatic rings. The van der Waals surface area contributed by atoms with Gasteiger partial charge in [0, 0.05) is 66.6 Å². The van der Waals surface area contributed by atoms with Crippen LogP contribution >= 0.6 is 11.6 Å². The maximum absolute atomic E-state index is 12.9. The number of rotatable bonds is 4. The van der Waals surface area contributed by atoms with E-state index < -0.39 is 0 Å². The molecule has 1 spiro atoms. The van der Waals surface area contributed by atoms with Gasteiger partial charge in [0.2, 0.25) is 5.69 Å². The van der Waals surface area contributed by atoms with E-state index in [2.05, 4.69) is 33.7 Å². The van der Waals surface area contributed by atoms with Gasteiger partial charge >= 0.3 is 0 Å². The minimum Gasteiger partial charge on any atom is -0.371 e. The lowest BCUT2D eigenvalue weighted by atomic mass is 9.76. The summed E-state index contributed by atoms with van der Waals surface area (Å²) in [6.45, 7) is 13.9. The molecule has 0 radical (unpaired) electrons. The van der Waals surface area contributed by atoms with Gasteiger partial charge < -0.3 is 19.5 Å². The number of likely N-dealkylation sites (tertiary alicyclic amines) is 1. The molecule has 1 amide bonds. The van der Waals surface area contributed by atoms with E-state index in [0.29, 0.717) is 35.3 Å². The van der Waals surface area contributed by atoms with Crippen LogP contribution in [0.25, 0.3) is 4.85 Å². The molecule has 0 saturated carbocycles. The highest BCUT2D eigenvalue weighted by Gasteiger charge is 2.44. The number of hydrogen-bond donors (Lipinski definition) is 0.